The molecule has 0 radical (unpaired) electrons. The minimum atomic E-state index is -0.436. The molecular formula is C16H22N2O2S. The lowest BCUT2D eigenvalue weighted by Crippen LogP contribution is -2.52. The van der Waals surface area contributed by atoms with E-state index in [0.29, 0.717) is 26.2 Å². The van der Waals surface area contributed by atoms with Gasteiger partial charge in [0.05, 0.1) is 30.2 Å². The van der Waals surface area contributed by atoms with Gasteiger partial charge in [-0.05, 0) is 18.4 Å². The SMILES string of the molecule is CCC1COCCN1C(=O)C(Cc1ccccc1)C(N)=S. The van der Waals surface area contributed by atoms with E-state index in [9.17, 15) is 4.79 Å². The smallest absolute Gasteiger partial charge is 0.233 e. The fourth-order valence-electron chi connectivity index (χ4n) is 2.64. The lowest BCUT2D eigenvalue weighted by molar-refractivity contribution is -0.142. The Labute approximate surface area is 131 Å². The number of amides is 1. The van der Waals surface area contributed by atoms with Crippen molar-refractivity contribution in [3.8, 4) is 0 Å². The van der Waals surface area contributed by atoms with Crippen LogP contribution in [0.2, 0.25) is 0 Å². The summed E-state index contributed by atoms with van der Waals surface area (Å²) in [5, 5.41) is 0. The maximum absolute atomic E-state index is 12.8. The van der Waals surface area contributed by atoms with Gasteiger partial charge in [-0.25, -0.2) is 0 Å². The topological polar surface area (TPSA) is 55.6 Å². The first kappa shape index (κ1) is 15.9. The zero-order valence-electron chi connectivity index (χ0n) is 12.3. The molecule has 0 aromatic heterocycles. The third-order valence-corrected chi connectivity index (χ3v) is 4.19. The maximum atomic E-state index is 12.8. The number of nitrogens with zero attached hydrogens (tertiary/aromatic N) is 1. The Morgan fingerprint density at radius 3 is 2.81 bits per heavy atom. The van der Waals surface area contributed by atoms with Gasteiger partial charge < -0.3 is 15.4 Å². The number of nitrogens with two attached hydrogens (primary N) is 1. The predicted molar refractivity (Wildman–Crippen MR) is 87.0 cm³/mol. The van der Waals surface area contributed by atoms with Crippen LogP contribution in [-0.2, 0) is 16.0 Å². The van der Waals surface area contributed by atoms with E-state index in [1.165, 1.54) is 0 Å². The average Bonchev–Trinajstić information content (AvgIpc) is 2.52. The van der Waals surface area contributed by atoms with E-state index >= 15 is 0 Å². The van der Waals surface area contributed by atoms with E-state index in [4.69, 9.17) is 22.7 Å². The minimum Gasteiger partial charge on any atom is -0.393 e. The number of ether oxygens (including phenoxy) is 1. The summed E-state index contributed by atoms with van der Waals surface area (Å²) in [6, 6.07) is 9.99. The van der Waals surface area contributed by atoms with Gasteiger partial charge in [0.1, 0.15) is 0 Å². The van der Waals surface area contributed by atoms with Crippen molar-refractivity contribution in [2.24, 2.45) is 11.7 Å². The quantitative estimate of drug-likeness (QED) is 0.842. The third-order valence-electron chi connectivity index (χ3n) is 3.91. The summed E-state index contributed by atoms with van der Waals surface area (Å²) in [4.78, 5) is 15.0. The molecule has 0 spiro atoms. The summed E-state index contributed by atoms with van der Waals surface area (Å²) in [5.41, 5.74) is 6.91. The van der Waals surface area contributed by atoms with Crippen molar-refractivity contribution in [2.45, 2.75) is 25.8 Å². The van der Waals surface area contributed by atoms with Crippen LogP contribution in [0.5, 0.6) is 0 Å². The second-order valence-corrected chi connectivity index (χ2v) is 5.78. The Hall–Kier alpha value is -1.46. The van der Waals surface area contributed by atoms with Gasteiger partial charge in [0.15, 0.2) is 0 Å². The highest BCUT2D eigenvalue weighted by Crippen LogP contribution is 2.18. The van der Waals surface area contributed by atoms with Crippen molar-refractivity contribution in [3.05, 3.63) is 35.9 Å². The fourth-order valence-corrected chi connectivity index (χ4v) is 2.83. The molecule has 2 rings (SSSR count). The molecule has 1 heterocycles. The molecule has 1 saturated heterocycles. The Morgan fingerprint density at radius 1 is 1.48 bits per heavy atom. The Morgan fingerprint density at radius 2 is 2.19 bits per heavy atom. The first-order valence-corrected chi connectivity index (χ1v) is 7.75. The van der Waals surface area contributed by atoms with Crippen LogP contribution in [0.1, 0.15) is 18.9 Å². The molecule has 4 nitrogen and oxygen atoms in total. The molecule has 0 aliphatic carbocycles. The molecule has 5 heteroatoms. The number of morpholine rings is 1. The largest absolute Gasteiger partial charge is 0.393 e. The van der Waals surface area contributed by atoms with Gasteiger partial charge in [0, 0.05) is 6.54 Å². The van der Waals surface area contributed by atoms with Gasteiger partial charge in [-0.1, -0.05) is 49.5 Å². The summed E-state index contributed by atoms with van der Waals surface area (Å²) in [6.45, 7) is 3.85. The zero-order chi connectivity index (χ0) is 15.2. The monoisotopic (exact) mass is 306 g/mol. The van der Waals surface area contributed by atoms with E-state index in [2.05, 4.69) is 6.92 Å². The lowest BCUT2D eigenvalue weighted by atomic mass is 9.96. The van der Waals surface area contributed by atoms with E-state index in [1.54, 1.807) is 0 Å². The summed E-state index contributed by atoms with van der Waals surface area (Å²) in [7, 11) is 0. The average molecular weight is 306 g/mol. The van der Waals surface area contributed by atoms with Crippen molar-refractivity contribution < 1.29 is 9.53 Å². The highest BCUT2D eigenvalue weighted by Gasteiger charge is 2.32. The number of rotatable bonds is 5. The molecule has 2 N–H and O–H groups in total. The van der Waals surface area contributed by atoms with Crippen LogP contribution < -0.4 is 5.73 Å². The van der Waals surface area contributed by atoms with Gasteiger partial charge in [-0.15, -0.1) is 0 Å². The van der Waals surface area contributed by atoms with Crippen molar-refractivity contribution >= 4 is 23.1 Å². The van der Waals surface area contributed by atoms with Crippen molar-refractivity contribution in [1.82, 2.24) is 4.90 Å². The normalized spacial score (nSPS) is 20.0. The lowest BCUT2D eigenvalue weighted by Gasteiger charge is -2.37. The van der Waals surface area contributed by atoms with Crippen molar-refractivity contribution in [2.75, 3.05) is 19.8 Å². The van der Waals surface area contributed by atoms with Crippen LogP contribution in [0.15, 0.2) is 30.3 Å². The molecule has 21 heavy (non-hydrogen) atoms. The van der Waals surface area contributed by atoms with E-state index in [0.717, 1.165) is 12.0 Å². The third kappa shape index (κ3) is 4.02. The van der Waals surface area contributed by atoms with Gasteiger partial charge in [0.25, 0.3) is 0 Å². The summed E-state index contributed by atoms with van der Waals surface area (Å²) < 4.78 is 5.45. The Balaban J connectivity index is 2.13. The Bertz CT molecular complexity index is 492. The van der Waals surface area contributed by atoms with Gasteiger partial charge in [-0.3, -0.25) is 4.79 Å². The van der Waals surface area contributed by atoms with E-state index in [1.807, 2.05) is 35.2 Å². The van der Waals surface area contributed by atoms with Crippen molar-refractivity contribution in [1.29, 1.82) is 0 Å². The molecule has 1 aliphatic rings. The summed E-state index contributed by atoms with van der Waals surface area (Å²) in [6.07, 6.45) is 1.43. The van der Waals surface area contributed by atoms with Gasteiger partial charge in [0.2, 0.25) is 5.91 Å². The predicted octanol–water partition coefficient (Wildman–Crippen LogP) is 1.77. The molecule has 1 amide bonds. The molecule has 2 atom stereocenters. The van der Waals surface area contributed by atoms with Crippen LogP contribution in [0.4, 0.5) is 0 Å². The number of benzene rings is 1. The summed E-state index contributed by atoms with van der Waals surface area (Å²) in [5.74, 6) is -0.406. The number of hydrogen-bond donors (Lipinski definition) is 1. The first-order valence-electron chi connectivity index (χ1n) is 7.35. The molecule has 0 saturated carbocycles. The van der Waals surface area contributed by atoms with Gasteiger partial charge >= 0.3 is 0 Å². The Kier molecular flexibility index (Phi) is 5.70. The second-order valence-electron chi connectivity index (χ2n) is 5.31. The molecule has 1 aromatic rings. The standard InChI is InChI=1S/C16H22N2O2S/c1-2-13-11-20-9-8-18(13)16(19)14(15(17)21)10-12-6-4-3-5-7-12/h3-7,13-14H,2,8-11H2,1H3,(H2,17,21). The highest BCUT2D eigenvalue weighted by atomic mass is 32.1. The zero-order valence-corrected chi connectivity index (χ0v) is 13.1. The highest BCUT2D eigenvalue weighted by molar-refractivity contribution is 7.80. The van der Waals surface area contributed by atoms with Crippen LogP contribution >= 0.6 is 12.2 Å². The maximum Gasteiger partial charge on any atom is 0.233 e. The molecule has 2 unspecified atom stereocenters. The van der Waals surface area contributed by atoms with Crippen LogP contribution in [0.3, 0.4) is 0 Å². The van der Waals surface area contributed by atoms with Crippen LogP contribution in [-0.4, -0.2) is 41.6 Å². The molecule has 1 aliphatic heterocycles. The minimum absolute atomic E-state index is 0.0292. The number of hydrogen-bond acceptors (Lipinski definition) is 3. The molecule has 114 valence electrons. The number of carbonyl (C=O) groups excluding carboxylic acids is 1. The van der Waals surface area contributed by atoms with E-state index < -0.39 is 5.92 Å². The number of thiocarbonyl (C=S) groups is 1. The molecular weight excluding hydrogens is 284 g/mol. The van der Waals surface area contributed by atoms with Crippen LogP contribution in [0.25, 0.3) is 0 Å². The second kappa shape index (κ2) is 7.52. The summed E-state index contributed by atoms with van der Waals surface area (Å²) >= 11 is 5.14. The molecule has 1 aromatic carbocycles. The number of carbonyl (C=O) groups is 1. The van der Waals surface area contributed by atoms with Crippen molar-refractivity contribution in [3.63, 3.8) is 0 Å². The van der Waals surface area contributed by atoms with Gasteiger partial charge in [-0.2, -0.15) is 0 Å². The first-order chi connectivity index (χ1) is 10.1. The fraction of sp³-hybridized carbons (Fsp3) is 0.500. The van der Waals surface area contributed by atoms with Crippen LogP contribution in [0, 0.1) is 5.92 Å². The van der Waals surface area contributed by atoms with E-state index in [-0.39, 0.29) is 16.9 Å². The molecule has 0 bridgehead atoms. The molecule has 1 fully saturated rings.